The van der Waals surface area contributed by atoms with Crippen LogP contribution in [0.1, 0.15) is 15.9 Å². The van der Waals surface area contributed by atoms with Crippen molar-refractivity contribution >= 4 is 34.9 Å². The molecule has 0 unspecified atom stereocenters. The summed E-state index contributed by atoms with van der Waals surface area (Å²) in [6.07, 6.45) is 0. The van der Waals surface area contributed by atoms with E-state index in [1.807, 2.05) is 12.1 Å². The first kappa shape index (κ1) is 13.7. The number of carbonyl (C=O) groups is 1. The monoisotopic (exact) mass is 295 g/mol. The topological polar surface area (TPSA) is 49.3 Å². The lowest BCUT2D eigenvalue weighted by Crippen LogP contribution is -2.02. The Balaban J connectivity index is 2.11. The zero-order valence-corrected chi connectivity index (χ0v) is 11.4. The van der Waals surface area contributed by atoms with E-state index in [1.165, 1.54) is 6.07 Å². The molecule has 0 aromatic heterocycles. The third-order valence-electron chi connectivity index (χ3n) is 2.55. The van der Waals surface area contributed by atoms with E-state index in [-0.39, 0.29) is 5.56 Å². The van der Waals surface area contributed by atoms with Crippen molar-refractivity contribution in [1.29, 1.82) is 0 Å². The average Bonchev–Trinajstić information content (AvgIpc) is 2.37. The number of hydrogen-bond donors (Lipinski definition) is 2. The predicted molar refractivity (Wildman–Crippen MR) is 77.2 cm³/mol. The molecule has 5 heteroatoms. The lowest BCUT2D eigenvalue weighted by atomic mass is 10.2. The van der Waals surface area contributed by atoms with Gasteiger partial charge in [-0.3, -0.25) is 0 Å². The molecule has 2 rings (SSSR count). The lowest BCUT2D eigenvalue weighted by Gasteiger charge is -2.08. The van der Waals surface area contributed by atoms with Crippen LogP contribution in [0.25, 0.3) is 0 Å². The van der Waals surface area contributed by atoms with E-state index in [9.17, 15) is 4.79 Å². The molecule has 98 valence electrons. The number of halogens is 2. The van der Waals surface area contributed by atoms with Crippen LogP contribution in [0.15, 0.2) is 42.5 Å². The summed E-state index contributed by atoms with van der Waals surface area (Å²) in [5.74, 6) is -1.00. The number of benzene rings is 2. The zero-order chi connectivity index (χ0) is 13.8. The lowest BCUT2D eigenvalue weighted by molar-refractivity contribution is 0.0697. The highest BCUT2D eigenvalue weighted by Crippen LogP contribution is 2.20. The average molecular weight is 296 g/mol. The Kier molecular flexibility index (Phi) is 4.30. The molecule has 0 bridgehead atoms. The molecule has 0 spiro atoms. The number of nitrogens with one attached hydrogen (secondary N) is 1. The van der Waals surface area contributed by atoms with Crippen LogP contribution in [0.2, 0.25) is 10.0 Å². The van der Waals surface area contributed by atoms with Gasteiger partial charge in [0.2, 0.25) is 0 Å². The van der Waals surface area contributed by atoms with Crippen LogP contribution in [0, 0.1) is 0 Å². The number of carboxylic acid groups (broad SMARTS) is 1. The first-order chi connectivity index (χ1) is 9.04. The van der Waals surface area contributed by atoms with Gasteiger partial charge in [-0.2, -0.15) is 0 Å². The van der Waals surface area contributed by atoms with Crippen molar-refractivity contribution < 1.29 is 9.90 Å². The fourth-order valence-corrected chi connectivity index (χ4v) is 1.98. The van der Waals surface area contributed by atoms with E-state index < -0.39 is 5.97 Å². The van der Waals surface area contributed by atoms with Gasteiger partial charge in [-0.05, 0) is 35.9 Å². The van der Waals surface area contributed by atoms with Gasteiger partial charge in [0.15, 0.2) is 0 Å². The summed E-state index contributed by atoms with van der Waals surface area (Å²) in [7, 11) is 0. The van der Waals surface area contributed by atoms with E-state index in [4.69, 9.17) is 28.3 Å². The summed E-state index contributed by atoms with van der Waals surface area (Å²) in [6, 6.07) is 12.1. The van der Waals surface area contributed by atoms with Crippen molar-refractivity contribution in [3.8, 4) is 0 Å². The first-order valence-corrected chi connectivity index (χ1v) is 6.32. The molecule has 2 aromatic rings. The fraction of sp³-hybridized carbons (Fsp3) is 0.0714. The van der Waals surface area contributed by atoms with Crippen LogP contribution >= 0.6 is 23.2 Å². The summed E-state index contributed by atoms with van der Waals surface area (Å²) in [5, 5.41) is 13.1. The number of anilines is 1. The Morgan fingerprint density at radius 1 is 1.05 bits per heavy atom. The molecule has 3 nitrogen and oxygen atoms in total. The maximum absolute atomic E-state index is 10.9. The molecule has 0 aliphatic carbocycles. The van der Waals surface area contributed by atoms with Crippen LogP contribution in [0.4, 0.5) is 5.69 Å². The maximum atomic E-state index is 10.9. The minimum atomic E-state index is -1.00. The van der Waals surface area contributed by atoms with Crippen molar-refractivity contribution in [2.45, 2.75) is 6.54 Å². The molecule has 0 fully saturated rings. The largest absolute Gasteiger partial charge is 0.478 e. The van der Waals surface area contributed by atoms with Crippen LogP contribution in [0.3, 0.4) is 0 Å². The highest BCUT2D eigenvalue weighted by molar-refractivity contribution is 6.31. The molecule has 0 aliphatic rings. The van der Waals surface area contributed by atoms with Crippen LogP contribution in [-0.2, 0) is 6.54 Å². The minimum Gasteiger partial charge on any atom is -0.478 e. The van der Waals surface area contributed by atoms with E-state index in [1.54, 1.807) is 24.3 Å². The molecule has 0 aliphatic heterocycles. The van der Waals surface area contributed by atoms with Crippen LogP contribution in [0.5, 0.6) is 0 Å². The second-order valence-corrected chi connectivity index (χ2v) is 4.89. The zero-order valence-electron chi connectivity index (χ0n) is 9.86. The summed E-state index contributed by atoms with van der Waals surface area (Å²) >= 11 is 11.7. The molecule has 0 atom stereocenters. The molecule has 19 heavy (non-hydrogen) atoms. The third kappa shape index (κ3) is 3.88. The SMILES string of the molecule is O=C(O)c1cc(Cl)cc(NCc2ccc(Cl)cc2)c1. The van der Waals surface area contributed by atoms with Crippen LogP contribution < -0.4 is 5.32 Å². The van der Waals surface area contributed by atoms with E-state index in [0.29, 0.717) is 22.3 Å². The molecule has 2 N–H and O–H groups in total. The normalized spacial score (nSPS) is 10.2. The van der Waals surface area contributed by atoms with Gasteiger partial charge in [0, 0.05) is 22.3 Å². The first-order valence-electron chi connectivity index (χ1n) is 5.57. The summed E-state index contributed by atoms with van der Waals surface area (Å²) in [4.78, 5) is 10.9. The van der Waals surface area contributed by atoms with Gasteiger partial charge < -0.3 is 10.4 Å². The Bertz CT molecular complexity index is 597. The highest BCUT2D eigenvalue weighted by atomic mass is 35.5. The van der Waals surface area contributed by atoms with Gasteiger partial charge in [-0.1, -0.05) is 35.3 Å². The number of rotatable bonds is 4. The van der Waals surface area contributed by atoms with Crippen LogP contribution in [-0.4, -0.2) is 11.1 Å². The van der Waals surface area contributed by atoms with Gasteiger partial charge in [0.05, 0.1) is 5.56 Å². The van der Waals surface area contributed by atoms with Gasteiger partial charge in [0.25, 0.3) is 0 Å². The standard InChI is InChI=1S/C14H11Cl2NO2/c15-11-3-1-9(2-4-11)8-17-13-6-10(14(18)19)5-12(16)7-13/h1-7,17H,8H2,(H,18,19). The Hall–Kier alpha value is -1.71. The van der Waals surface area contributed by atoms with Crippen molar-refractivity contribution in [1.82, 2.24) is 0 Å². The van der Waals surface area contributed by atoms with Crippen molar-refractivity contribution in [3.05, 3.63) is 63.6 Å². The second-order valence-electron chi connectivity index (χ2n) is 4.01. The molecular formula is C14H11Cl2NO2. The molecule has 0 saturated heterocycles. The smallest absolute Gasteiger partial charge is 0.335 e. The van der Waals surface area contributed by atoms with E-state index >= 15 is 0 Å². The number of hydrogen-bond acceptors (Lipinski definition) is 2. The fourth-order valence-electron chi connectivity index (χ4n) is 1.62. The highest BCUT2D eigenvalue weighted by Gasteiger charge is 2.06. The number of carboxylic acids is 1. The summed E-state index contributed by atoms with van der Waals surface area (Å²) in [5.41, 5.74) is 1.87. The Morgan fingerprint density at radius 2 is 1.74 bits per heavy atom. The molecule has 2 aromatic carbocycles. The van der Waals surface area contributed by atoms with Crippen molar-refractivity contribution in [2.24, 2.45) is 0 Å². The molecule has 0 saturated carbocycles. The van der Waals surface area contributed by atoms with E-state index in [2.05, 4.69) is 5.32 Å². The molecule has 0 heterocycles. The van der Waals surface area contributed by atoms with Crippen molar-refractivity contribution in [2.75, 3.05) is 5.32 Å². The summed E-state index contributed by atoms with van der Waals surface area (Å²) in [6.45, 7) is 0.566. The summed E-state index contributed by atoms with van der Waals surface area (Å²) < 4.78 is 0. The quantitative estimate of drug-likeness (QED) is 0.884. The van der Waals surface area contributed by atoms with Crippen molar-refractivity contribution in [3.63, 3.8) is 0 Å². The van der Waals surface area contributed by atoms with E-state index in [0.717, 1.165) is 5.56 Å². The van der Waals surface area contributed by atoms with Gasteiger partial charge in [-0.15, -0.1) is 0 Å². The van der Waals surface area contributed by atoms with Gasteiger partial charge >= 0.3 is 5.97 Å². The predicted octanol–water partition coefficient (Wildman–Crippen LogP) is 4.30. The molecule has 0 amide bonds. The Morgan fingerprint density at radius 3 is 2.37 bits per heavy atom. The van der Waals surface area contributed by atoms with Gasteiger partial charge in [0.1, 0.15) is 0 Å². The maximum Gasteiger partial charge on any atom is 0.335 e. The second kappa shape index (κ2) is 5.95. The Labute approximate surface area is 120 Å². The van der Waals surface area contributed by atoms with Gasteiger partial charge in [-0.25, -0.2) is 4.79 Å². The molecular weight excluding hydrogens is 285 g/mol. The molecule has 0 radical (unpaired) electrons. The minimum absolute atomic E-state index is 0.158. The number of aromatic carboxylic acids is 1. The third-order valence-corrected chi connectivity index (χ3v) is 3.02.